The molecule has 0 spiro atoms. The van der Waals surface area contributed by atoms with Gasteiger partial charge in [0.1, 0.15) is 5.03 Å². The van der Waals surface area contributed by atoms with Gasteiger partial charge >= 0.3 is 6.18 Å². The van der Waals surface area contributed by atoms with Crippen LogP contribution in [0.15, 0.2) is 11.1 Å². The first-order valence-corrected chi connectivity index (χ1v) is 3.72. The molecule has 0 heterocycles. The van der Waals surface area contributed by atoms with Gasteiger partial charge in [-0.15, -0.1) is 0 Å². The fourth-order valence-corrected chi connectivity index (χ4v) is 0.486. The van der Waals surface area contributed by atoms with Gasteiger partial charge in [-0.3, -0.25) is 0 Å². The molecule has 0 rings (SSSR count). The molecule has 0 atom stereocenters. The zero-order valence-electron chi connectivity index (χ0n) is 6.49. The van der Waals surface area contributed by atoms with Gasteiger partial charge in [0.05, 0.1) is 13.2 Å². The molecule has 1 radical (unpaired) electrons. The maximum absolute atomic E-state index is 11.7. The standard InChI is InChI=1S/C7H9ClF3O/c1-2-4-12-5-3-6(8)7(9,10)11/h3-4H,2,5H2,1H3/b6-3-. The Hall–Kier alpha value is -0.220. The normalized spacial score (nSPS) is 13.6. The highest BCUT2D eigenvalue weighted by atomic mass is 35.5. The Morgan fingerprint density at radius 3 is 2.50 bits per heavy atom. The molecule has 0 aliphatic heterocycles. The van der Waals surface area contributed by atoms with E-state index in [0.29, 0.717) is 6.42 Å². The maximum atomic E-state index is 11.7. The lowest BCUT2D eigenvalue weighted by molar-refractivity contribution is -0.0850. The Kier molecular flexibility index (Phi) is 5.33. The Balaban J connectivity index is 3.70. The lowest BCUT2D eigenvalue weighted by atomic mass is 10.5. The highest BCUT2D eigenvalue weighted by molar-refractivity contribution is 6.30. The lowest BCUT2D eigenvalue weighted by Gasteiger charge is -2.03. The minimum absolute atomic E-state index is 0.147. The van der Waals surface area contributed by atoms with Crippen molar-refractivity contribution < 1.29 is 17.9 Å². The molecule has 0 unspecified atom stereocenters. The van der Waals surface area contributed by atoms with Gasteiger partial charge in [0, 0.05) is 0 Å². The number of rotatable bonds is 4. The quantitative estimate of drug-likeness (QED) is 0.635. The van der Waals surface area contributed by atoms with Crippen LogP contribution in [-0.2, 0) is 4.74 Å². The van der Waals surface area contributed by atoms with Crippen molar-refractivity contribution >= 4 is 11.6 Å². The van der Waals surface area contributed by atoms with Crippen molar-refractivity contribution in [2.75, 3.05) is 6.61 Å². The largest absolute Gasteiger partial charge is 0.426 e. The summed E-state index contributed by atoms with van der Waals surface area (Å²) in [6.07, 6.45) is -3.03. The highest BCUT2D eigenvalue weighted by Crippen LogP contribution is 2.28. The minimum Gasteiger partial charge on any atom is -0.371 e. The van der Waals surface area contributed by atoms with E-state index < -0.39 is 11.2 Å². The number of halogens is 4. The molecule has 0 saturated heterocycles. The third kappa shape index (κ3) is 5.43. The Labute approximate surface area is 74.2 Å². The number of hydrogen-bond acceptors (Lipinski definition) is 1. The van der Waals surface area contributed by atoms with E-state index in [1.807, 2.05) is 6.92 Å². The number of ether oxygens (including phenoxy) is 1. The first-order valence-electron chi connectivity index (χ1n) is 3.34. The fourth-order valence-electron chi connectivity index (χ4n) is 0.423. The molecular formula is C7H9ClF3O. The lowest BCUT2D eigenvalue weighted by Crippen LogP contribution is -2.07. The molecule has 12 heavy (non-hydrogen) atoms. The summed E-state index contributed by atoms with van der Waals surface area (Å²) in [7, 11) is 0. The molecule has 71 valence electrons. The molecule has 0 aliphatic rings. The average molecular weight is 202 g/mol. The van der Waals surface area contributed by atoms with Crippen LogP contribution in [0.1, 0.15) is 13.3 Å². The topological polar surface area (TPSA) is 9.23 Å². The minimum atomic E-state index is -4.46. The van der Waals surface area contributed by atoms with E-state index in [0.717, 1.165) is 6.08 Å². The molecule has 0 N–H and O–H groups in total. The van der Waals surface area contributed by atoms with E-state index in [-0.39, 0.29) is 6.61 Å². The summed E-state index contributed by atoms with van der Waals surface area (Å²) in [5.74, 6) is 0. The van der Waals surface area contributed by atoms with Crippen molar-refractivity contribution in [1.29, 1.82) is 0 Å². The molecule has 5 heteroatoms. The summed E-state index contributed by atoms with van der Waals surface area (Å²) in [5, 5.41) is -1.15. The van der Waals surface area contributed by atoms with Crippen LogP contribution in [0.5, 0.6) is 0 Å². The first kappa shape index (κ1) is 11.8. The maximum Gasteiger partial charge on any atom is 0.426 e. The van der Waals surface area contributed by atoms with Gasteiger partial charge in [-0.2, -0.15) is 13.2 Å². The van der Waals surface area contributed by atoms with Crippen molar-refractivity contribution in [1.82, 2.24) is 0 Å². The highest BCUT2D eigenvalue weighted by Gasteiger charge is 2.31. The van der Waals surface area contributed by atoms with Crippen molar-refractivity contribution in [2.24, 2.45) is 0 Å². The zero-order valence-corrected chi connectivity index (χ0v) is 7.24. The van der Waals surface area contributed by atoms with Gasteiger partial charge in [0.25, 0.3) is 0 Å². The van der Waals surface area contributed by atoms with Crippen LogP contribution in [0.3, 0.4) is 0 Å². The van der Waals surface area contributed by atoms with Crippen molar-refractivity contribution in [2.45, 2.75) is 19.5 Å². The monoisotopic (exact) mass is 201 g/mol. The summed E-state index contributed by atoms with van der Waals surface area (Å²) in [6, 6.07) is 0. The Morgan fingerprint density at radius 1 is 1.50 bits per heavy atom. The molecule has 0 aromatic heterocycles. The predicted molar refractivity (Wildman–Crippen MR) is 40.5 cm³/mol. The first-order chi connectivity index (χ1) is 5.48. The van der Waals surface area contributed by atoms with Crippen LogP contribution in [0, 0.1) is 6.61 Å². The second-order valence-electron chi connectivity index (χ2n) is 1.96. The molecule has 0 amide bonds. The molecule has 0 bridgehead atoms. The van der Waals surface area contributed by atoms with Crippen LogP contribution in [0.2, 0.25) is 0 Å². The number of hydrogen-bond donors (Lipinski definition) is 0. The Morgan fingerprint density at radius 2 is 2.08 bits per heavy atom. The average Bonchev–Trinajstić information content (AvgIpc) is 1.96. The van der Waals surface area contributed by atoms with Gasteiger partial charge in [-0.05, 0) is 12.5 Å². The van der Waals surface area contributed by atoms with E-state index in [1.54, 1.807) is 0 Å². The molecule has 0 aromatic carbocycles. The van der Waals surface area contributed by atoms with E-state index in [2.05, 4.69) is 4.74 Å². The smallest absolute Gasteiger partial charge is 0.371 e. The molecule has 0 aliphatic carbocycles. The van der Waals surface area contributed by atoms with Gasteiger partial charge < -0.3 is 4.74 Å². The summed E-state index contributed by atoms with van der Waals surface area (Å²) >= 11 is 4.88. The van der Waals surface area contributed by atoms with Crippen molar-refractivity contribution in [3.8, 4) is 0 Å². The SMILES string of the molecule is CC[CH]OC/C=C(\Cl)C(F)(F)F. The van der Waals surface area contributed by atoms with Crippen LogP contribution < -0.4 is 0 Å². The summed E-state index contributed by atoms with van der Waals surface area (Å²) in [5.41, 5.74) is 0. The van der Waals surface area contributed by atoms with Crippen molar-refractivity contribution in [3.63, 3.8) is 0 Å². The number of allylic oxidation sites excluding steroid dienone is 1. The van der Waals surface area contributed by atoms with Crippen LogP contribution in [-0.4, -0.2) is 12.8 Å². The van der Waals surface area contributed by atoms with Gasteiger partial charge in [0.2, 0.25) is 0 Å². The second kappa shape index (κ2) is 5.43. The predicted octanol–water partition coefficient (Wildman–Crippen LogP) is 3.26. The summed E-state index contributed by atoms with van der Waals surface area (Å²) in [6.45, 7) is 3.08. The molecule has 0 aromatic rings. The molecule has 0 fully saturated rings. The third-order valence-electron chi connectivity index (χ3n) is 0.914. The van der Waals surface area contributed by atoms with E-state index in [9.17, 15) is 13.2 Å². The van der Waals surface area contributed by atoms with Gasteiger partial charge in [0.15, 0.2) is 0 Å². The molecule has 1 nitrogen and oxygen atoms in total. The molecular weight excluding hydrogens is 193 g/mol. The van der Waals surface area contributed by atoms with E-state index in [1.165, 1.54) is 6.61 Å². The zero-order chi connectivity index (χ0) is 9.61. The van der Waals surface area contributed by atoms with Crippen LogP contribution in [0.25, 0.3) is 0 Å². The van der Waals surface area contributed by atoms with E-state index >= 15 is 0 Å². The van der Waals surface area contributed by atoms with Crippen LogP contribution >= 0.6 is 11.6 Å². The summed E-state index contributed by atoms with van der Waals surface area (Å²) < 4.78 is 39.7. The molecule has 0 saturated carbocycles. The third-order valence-corrected chi connectivity index (χ3v) is 1.28. The Bertz CT molecular complexity index is 153. The van der Waals surface area contributed by atoms with Crippen LogP contribution in [0.4, 0.5) is 13.2 Å². The second-order valence-corrected chi connectivity index (χ2v) is 2.37. The van der Waals surface area contributed by atoms with Crippen molar-refractivity contribution in [3.05, 3.63) is 17.7 Å². The van der Waals surface area contributed by atoms with Gasteiger partial charge in [-0.1, -0.05) is 18.5 Å². The fraction of sp³-hybridized carbons (Fsp3) is 0.571. The van der Waals surface area contributed by atoms with E-state index in [4.69, 9.17) is 11.6 Å². The number of alkyl halides is 3. The summed E-state index contributed by atoms with van der Waals surface area (Å²) in [4.78, 5) is 0. The van der Waals surface area contributed by atoms with Gasteiger partial charge in [-0.25, -0.2) is 0 Å².